The van der Waals surface area contributed by atoms with Gasteiger partial charge in [0.05, 0.1) is 18.2 Å². The van der Waals surface area contributed by atoms with Crippen LogP contribution in [0.2, 0.25) is 0 Å². The summed E-state index contributed by atoms with van der Waals surface area (Å²) in [6.45, 7) is 10.0. The highest BCUT2D eigenvalue weighted by Gasteiger charge is 2.37. The maximum absolute atomic E-state index is 11.6. The van der Waals surface area contributed by atoms with Gasteiger partial charge in [0.25, 0.3) is 0 Å². The molecule has 2 rings (SSSR count). The second kappa shape index (κ2) is 11.8. The van der Waals surface area contributed by atoms with Crippen LogP contribution in [0.15, 0.2) is 5.11 Å². The number of hydrogen-bond acceptors (Lipinski definition) is 8. The number of carbonyl (C=O) groups is 3. The average molecular weight is 443 g/mol. The average Bonchev–Trinajstić information content (AvgIpc) is 3.07. The van der Waals surface area contributed by atoms with Crippen molar-refractivity contribution in [3.63, 3.8) is 0 Å². The lowest BCUT2D eigenvalue weighted by Crippen LogP contribution is -2.44. The Balaban J connectivity index is 0.000000327. The zero-order chi connectivity index (χ0) is 23.8. The van der Waals surface area contributed by atoms with Gasteiger partial charge in [-0.05, 0) is 51.5 Å². The third-order valence-corrected chi connectivity index (χ3v) is 4.72. The molecule has 2 aliphatic carbocycles. The number of azide groups is 1. The minimum atomic E-state index is -0.585. The van der Waals surface area contributed by atoms with Crippen molar-refractivity contribution in [1.82, 2.24) is 5.32 Å². The molecule has 1 amide bonds. The summed E-state index contributed by atoms with van der Waals surface area (Å²) >= 11 is 0. The normalized spacial score (nSPS) is 29.6. The monoisotopic (exact) mass is 442 g/mol. The van der Waals surface area contributed by atoms with Gasteiger partial charge in [0.2, 0.25) is 0 Å². The van der Waals surface area contributed by atoms with Crippen LogP contribution in [0.25, 0.3) is 10.4 Å². The van der Waals surface area contributed by atoms with Crippen LogP contribution in [0.4, 0.5) is 4.79 Å². The van der Waals surface area contributed by atoms with Crippen molar-refractivity contribution in [3.05, 3.63) is 10.4 Å². The van der Waals surface area contributed by atoms with Crippen molar-refractivity contribution in [2.75, 3.05) is 0 Å². The number of ether oxygens (including phenoxy) is 3. The van der Waals surface area contributed by atoms with E-state index in [1.54, 1.807) is 20.8 Å². The minimum Gasteiger partial charge on any atom is -0.462 e. The largest absolute Gasteiger partial charge is 0.462 e. The van der Waals surface area contributed by atoms with Gasteiger partial charge in [-0.1, -0.05) is 12.0 Å². The van der Waals surface area contributed by atoms with E-state index < -0.39 is 35.9 Å². The highest BCUT2D eigenvalue weighted by atomic mass is 16.6. The van der Waals surface area contributed by atoms with Gasteiger partial charge in [-0.25, -0.2) is 4.79 Å². The highest BCUT2D eigenvalue weighted by molar-refractivity contribution is 5.69. The van der Waals surface area contributed by atoms with Gasteiger partial charge in [0, 0.05) is 25.2 Å². The molecule has 2 N–H and O–H groups in total. The van der Waals surface area contributed by atoms with Crippen LogP contribution in [0.1, 0.15) is 67.2 Å². The molecule has 0 radical (unpaired) electrons. The first-order chi connectivity index (χ1) is 14.3. The second-order valence-electron chi connectivity index (χ2n) is 9.02. The van der Waals surface area contributed by atoms with Gasteiger partial charge in [-0.15, -0.1) is 0 Å². The molecule has 0 aromatic rings. The van der Waals surface area contributed by atoms with Crippen LogP contribution >= 0.6 is 0 Å². The number of nitrogens with one attached hydrogen (secondary N) is 1. The summed E-state index contributed by atoms with van der Waals surface area (Å²) in [5.41, 5.74) is 7.70. The fourth-order valence-corrected chi connectivity index (χ4v) is 3.67. The molecule has 0 spiro atoms. The van der Waals surface area contributed by atoms with Gasteiger partial charge < -0.3 is 24.6 Å². The Labute approximate surface area is 182 Å². The number of nitrogens with zero attached hydrogens (tertiary/aromatic N) is 3. The Morgan fingerprint density at radius 1 is 1.03 bits per heavy atom. The molecule has 0 saturated heterocycles. The molecule has 2 saturated carbocycles. The Bertz CT molecular complexity index is 688. The molecule has 0 aromatic heterocycles. The molecule has 6 atom stereocenters. The maximum Gasteiger partial charge on any atom is 0.408 e. The Morgan fingerprint density at radius 2 is 1.61 bits per heavy atom. The standard InChI is InChI=1S/C12H21NO5.C8H13N3O2/c1-7(14)17-10-6-8(15)5-9(10)13-11(16)18-12(2,3)4;1-5-3-7(10-11-9)8(4-5)13-6(2)12/h8-10,15H,5-6H2,1-4H3,(H,13,16);5,7-8H,3-4H2,1-2H3/t8-,9+,10+;5-,7+,8+/m11/s1. The molecule has 0 aliphatic heterocycles. The van der Waals surface area contributed by atoms with Gasteiger partial charge in [-0.2, -0.15) is 0 Å². The van der Waals surface area contributed by atoms with E-state index in [0.29, 0.717) is 18.8 Å². The summed E-state index contributed by atoms with van der Waals surface area (Å²) in [7, 11) is 0. The molecule has 0 heterocycles. The van der Waals surface area contributed by atoms with E-state index in [1.165, 1.54) is 13.8 Å². The molecule has 2 aliphatic rings. The summed E-state index contributed by atoms with van der Waals surface area (Å²) in [6.07, 6.45) is 0.434. The number of amides is 1. The van der Waals surface area contributed by atoms with Crippen molar-refractivity contribution < 1.29 is 33.7 Å². The van der Waals surface area contributed by atoms with Crippen LogP contribution in [-0.2, 0) is 23.8 Å². The molecule has 0 unspecified atom stereocenters. The second-order valence-corrected chi connectivity index (χ2v) is 9.02. The Kier molecular flexibility index (Phi) is 10.1. The first-order valence-electron chi connectivity index (χ1n) is 10.4. The predicted molar refractivity (Wildman–Crippen MR) is 111 cm³/mol. The van der Waals surface area contributed by atoms with Crippen LogP contribution in [0.5, 0.6) is 0 Å². The fourth-order valence-electron chi connectivity index (χ4n) is 3.67. The van der Waals surface area contributed by atoms with Crippen LogP contribution in [0.3, 0.4) is 0 Å². The van der Waals surface area contributed by atoms with Crippen molar-refractivity contribution in [2.24, 2.45) is 11.0 Å². The number of rotatable bonds is 4. The summed E-state index contributed by atoms with van der Waals surface area (Å²) in [5.74, 6) is -0.276. The predicted octanol–water partition coefficient (Wildman–Crippen LogP) is 2.99. The third-order valence-electron chi connectivity index (χ3n) is 4.72. The van der Waals surface area contributed by atoms with Gasteiger partial charge in [0.1, 0.15) is 17.8 Å². The Morgan fingerprint density at radius 3 is 2.13 bits per heavy atom. The van der Waals surface area contributed by atoms with E-state index in [4.69, 9.17) is 19.7 Å². The molecule has 11 heteroatoms. The number of aliphatic hydroxyl groups is 1. The maximum atomic E-state index is 11.6. The lowest BCUT2D eigenvalue weighted by Gasteiger charge is -2.24. The zero-order valence-electron chi connectivity index (χ0n) is 19.0. The molecule has 0 aromatic carbocycles. The third kappa shape index (κ3) is 10.4. The highest BCUT2D eigenvalue weighted by Crippen LogP contribution is 2.30. The van der Waals surface area contributed by atoms with Crippen molar-refractivity contribution in [1.29, 1.82) is 0 Å². The number of aliphatic hydroxyl groups excluding tert-OH is 1. The van der Waals surface area contributed by atoms with Gasteiger partial charge in [0.15, 0.2) is 0 Å². The van der Waals surface area contributed by atoms with Gasteiger partial charge >= 0.3 is 18.0 Å². The zero-order valence-corrected chi connectivity index (χ0v) is 19.0. The van der Waals surface area contributed by atoms with Crippen molar-refractivity contribution in [3.8, 4) is 0 Å². The van der Waals surface area contributed by atoms with E-state index in [0.717, 1.165) is 12.8 Å². The van der Waals surface area contributed by atoms with E-state index in [2.05, 4.69) is 22.3 Å². The first kappa shape index (κ1) is 26.5. The van der Waals surface area contributed by atoms with Crippen LogP contribution in [-0.4, -0.2) is 59.1 Å². The fraction of sp³-hybridized carbons (Fsp3) is 0.850. The van der Waals surface area contributed by atoms with Crippen LogP contribution in [0, 0.1) is 5.92 Å². The number of hydrogen-bond donors (Lipinski definition) is 2. The number of esters is 2. The minimum absolute atomic E-state index is 0.177. The van der Waals surface area contributed by atoms with Crippen LogP contribution < -0.4 is 5.32 Å². The van der Waals surface area contributed by atoms with E-state index in [-0.39, 0.29) is 18.1 Å². The molecular formula is C20H34N4O7. The Hall–Kier alpha value is -2.52. The van der Waals surface area contributed by atoms with Gasteiger partial charge in [-0.3, -0.25) is 9.59 Å². The molecule has 11 nitrogen and oxygen atoms in total. The summed E-state index contributed by atoms with van der Waals surface area (Å²) < 4.78 is 15.2. The smallest absolute Gasteiger partial charge is 0.408 e. The van der Waals surface area contributed by atoms with E-state index in [9.17, 15) is 19.5 Å². The molecule has 0 bridgehead atoms. The summed E-state index contributed by atoms with van der Waals surface area (Å²) in [5, 5.41) is 15.8. The van der Waals surface area contributed by atoms with E-state index >= 15 is 0 Å². The lowest BCUT2D eigenvalue weighted by molar-refractivity contribution is -0.147. The van der Waals surface area contributed by atoms with Crippen molar-refractivity contribution >= 4 is 18.0 Å². The summed E-state index contributed by atoms with van der Waals surface area (Å²) in [4.78, 5) is 36.0. The molecule has 2 fully saturated rings. The molecular weight excluding hydrogens is 408 g/mol. The quantitative estimate of drug-likeness (QED) is 0.222. The molecule has 31 heavy (non-hydrogen) atoms. The lowest BCUT2D eigenvalue weighted by atomic mass is 10.1. The topological polar surface area (TPSA) is 160 Å². The number of alkyl carbamates (subject to hydrolysis) is 1. The number of carbonyl (C=O) groups excluding carboxylic acids is 3. The SMILES string of the molecule is CC(=O)O[C@H]1C[C@H](C)C[C@@H]1N=[N+]=[N-].CC(=O)O[C@H]1C[C@H](O)C[C@@H]1NC(=O)OC(C)(C)C. The summed E-state index contributed by atoms with van der Waals surface area (Å²) in [6, 6.07) is -0.581. The molecule has 176 valence electrons. The first-order valence-corrected chi connectivity index (χ1v) is 10.4. The van der Waals surface area contributed by atoms with Crippen molar-refractivity contribution in [2.45, 2.75) is 103 Å². The van der Waals surface area contributed by atoms with E-state index in [1.807, 2.05) is 0 Å².